The van der Waals surface area contributed by atoms with Gasteiger partial charge in [0.2, 0.25) is 5.91 Å². The van der Waals surface area contributed by atoms with Crippen LogP contribution in [0.3, 0.4) is 0 Å². The van der Waals surface area contributed by atoms with E-state index in [-0.39, 0.29) is 11.8 Å². The van der Waals surface area contributed by atoms with Gasteiger partial charge in [0, 0.05) is 12.5 Å². The third-order valence-electron chi connectivity index (χ3n) is 5.77. The lowest BCUT2D eigenvalue weighted by atomic mass is 9.93. The van der Waals surface area contributed by atoms with E-state index >= 15 is 0 Å². The molecule has 138 valence electrons. The van der Waals surface area contributed by atoms with Gasteiger partial charge < -0.3 is 14.4 Å². The van der Waals surface area contributed by atoms with Crippen molar-refractivity contribution >= 4 is 5.91 Å². The van der Waals surface area contributed by atoms with E-state index in [9.17, 15) is 9.90 Å². The number of carbonyl (C=O) groups is 1. The molecular formula is C21H26N2O3. The Morgan fingerprint density at radius 1 is 1.12 bits per heavy atom. The summed E-state index contributed by atoms with van der Waals surface area (Å²) in [4.78, 5) is 17.1. The molecular weight excluding hydrogens is 328 g/mol. The van der Waals surface area contributed by atoms with Crippen LogP contribution in [0.5, 0.6) is 0 Å². The van der Waals surface area contributed by atoms with E-state index in [0.29, 0.717) is 19.5 Å². The molecule has 2 aromatic rings. The molecule has 1 aromatic carbocycles. The Bertz CT molecular complexity index is 723. The lowest BCUT2D eigenvalue weighted by Gasteiger charge is -2.33. The molecule has 26 heavy (non-hydrogen) atoms. The normalized spacial score (nSPS) is 24.9. The Morgan fingerprint density at radius 3 is 2.58 bits per heavy atom. The summed E-state index contributed by atoms with van der Waals surface area (Å²) < 4.78 is 5.41. The molecule has 1 amide bonds. The van der Waals surface area contributed by atoms with E-state index in [1.807, 2.05) is 47.4 Å². The number of rotatable bonds is 4. The summed E-state index contributed by atoms with van der Waals surface area (Å²) in [5.74, 6) is 1.25. The van der Waals surface area contributed by atoms with Gasteiger partial charge in [-0.2, -0.15) is 0 Å². The molecule has 2 aliphatic heterocycles. The number of hydrogen-bond donors (Lipinski definition) is 1. The summed E-state index contributed by atoms with van der Waals surface area (Å²) in [6.45, 7) is 3.67. The van der Waals surface area contributed by atoms with E-state index < -0.39 is 5.60 Å². The van der Waals surface area contributed by atoms with Crippen LogP contribution < -0.4 is 0 Å². The Hall–Kier alpha value is -2.11. The number of furan rings is 1. The second-order valence-corrected chi connectivity index (χ2v) is 7.54. The van der Waals surface area contributed by atoms with Gasteiger partial charge in [-0.05, 0) is 50.0 Å². The summed E-state index contributed by atoms with van der Waals surface area (Å²) in [6.07, 6.45) is 4.06. The minimum Gasteiger partial charge on any atom is -0.468 e. The van der Waals surface area contributed by atoms with E-state index in [0.717, 1.165) is 43.8 Å². The Morgan fingerprint density at radius 2 is 1.88 bits per heavy atom. The molecule has 1 aromatic heterocycles. The molecule has 3 heterocycles. The molecule has 1 atom stereocenters. The zero-order valence-corrected chi connectivity index (χ0v) is 15.0. The monoisotopic (exact) mass is 354 g/mol. The van der Waals surface area contributed by atoms with Crippen LogP contribution in [-0.2, 0) is 16.9 Å². The maximum atomic E-state index is 12.9. The number of likely N-dealkylation sites (tertiary alicyclic amines) is 2. The van der Waals surface area contributed by atoms with Gasteiger partial charge in [0.1, 0.15) is 11.4 Å². The molecule has 2 saturated heterocycles. The summed E-state index contributed by atoms with van der Waals surface area (Å²) in [6, 6.07) is 13.6. The quantitative estimate of drug-likeness (QED) is 0.917. The number of carbonyl (C=O) groups excluding carboxylic acids is 1. The van der Waals surface area contributed by atoms with Crippen molar-refractivity contribution in [1.29, 1.82) is 0 Å². The van der Waals surface area contributed by atoms with Gasteiger partial charge in [-0.1, -0.05) is 30.3 Å². The van der Waals surface area contributed by atoms with E-state index in [4.69, 9.17) is 4.42 Å². The standard InChI is InChI=1S/C21H26N2O3/c24-20(17-8-11-22(12-9-17)15-19-7-4-14-26-19)23-13-10-21(25,16-23)18-5-2-1-3-6-18/h1-7,14,17,25H,8-13,15-16H2. The van der Waals surface area contributed by atoms with Crippen LogP contribution in [0, 0.1) is 5.92 Å². The topological polar surface area (TPSA) is 56.9 Å². The molecule has 1 unspecified atom stereocenters. The van der Waals surface area contributed by atoms with E-state index in [1.54, 1.807) is 6.26 Å². The number of nitrogens with zero attached hydrogens (tertiary/aromatic N) is 2. The van der Waals surface area contributed by atoms with Crippen molar-refractivity contribution in [2.45, 2.75) is 31.4 Å². The first-order chi connectivity index (χ1) is 12.6. The third-order valence-corrected chi connectivity index (χ3v) is 5.77. The summed E-state index contributed by atoms with van der Waals surface area (Å²) in [7, 11) is 0. The predicted octanol–water partition coefficient (Wildman–Crippen LogP) is 2.61. The van der Waals surface area contributed by atoms with Crippen LogP contribution >= 0.6 is 0 Å². The van der Waals surface area contributed by atoms with Gasteiger partial charge >= 0.3 is 0 Å². The van der Waals surface area contributed by atoms with Crippen molar-refractivity contribution in [3.05, 3.63) is 60.1 Å². The number of aliphatic hydroxyl groups is 1. The van der Waals surface area contributed by atoms with Gasteiger partial charge in [-0.25, -0.2) is 0 Å². The summed E-state index contributed by atoms with van der Waals surface area (Å²) in [5, 5.41) is 11.0. The van der Waals surface area contributed by atoms with Crippen LogP contribution in [0.4, 0.5) is 0 Å². The second kappa shape index (κ2) is 7.25. The molecule has 0 saturated carbocycles. The fourth-order valence-corrected chi connectivity index (χ4v) is 4.19. The van der Waals surface area contributed by atoms with Gasteiger partial charge in [-0.3, -0.25) is 9.69 Å². The first-order valence-corrected chi connectivity index (χ1v) is 9.45. The average Bonchev–Trinajstić information content (AvgIpc) is 3.33. The Balaban J connectivity index is 1.32. The fraction of sp³-hybridized carbons (Fsp3) is 0.476. The SMILES string of the molecule is O=C(C1CCN(Cc2ccco2)CC1)N1CCC(O)(c2ccccc2)C1. The summed E-state index contributed by atoms with van der Waals surface area (Å²) in [5.41, 5.74) is 0.000236. The third kappa shape index (κ3) is 3.55. The summed E-state index contributed by atoms with van der Waals surface area (Å²) >= 11 is 0. The van der Waals surface area contributed by atoms with Crippen LogP contribution in [0.2, 0.25) is 0 Å². The molecule has 0 radical (unpaired) electrons. The van der Waals surface area contributed by atoms with Crippen molar-refractivity contribution in [3.63, 3.8) is 0 Å². The molecule has 0 spiro atoms. The van der Waals surface area contributed by atoms with Crippen LogP contribution in [0.1, 0.15) is 30.6 Å². The van der Waals surface area contributed by atoms with Crippen LogP contribution in [-0.4, -0.2) is 47.0 Å². The number of benzene rings is 1. The maximum Gasteiger partial charge on any atom is 0.225 e. The number of hydrogen-bond acceptors (Lipinski definition) is 4. The van der Waals surface area contributed by atoms with Gasteiger partial charge in [0.05, 0.1) is 19.4 Å². The highest BCUT2D eigenvalue weighted by molar-refractivity contribution is 5.79. The molecule has 2 fully saturated rings. The second-order valence-electron chi connectivity index (χ2n) is 7.54. The molecule has 5 heteroatoms. The largest absolute Gasteiger partial charge is 0.468 e. The highest BCUT2D eigenvalue weighted by Gasteiger charge is 2.41. The van der Waals surface area contributed by atoms with Crippen molar-refractivity contribution in [3.8, 4) is 0 Å². The predicted molar refractivity (Wildman–Crippen MR) is 98.2 cm³/mol. The van der Waals surface area contributed by atoms with Gasteiger partial charge in [-0.15, -0.1) is 0 Å². The first-order valence-electron chi connectivity index (χ1n) is 9.45. The zero-order valence-electron chi connectivity index (χ0n) is 15.0. The molecule has 4 rings (SSSR count). The van der Waals surface area contributed by atoms with Crippen molar-refractivity contribution in [2.24, 2.45) is 5.92 Å². The van der Waals surface area contributed by atoms with Crippen molar-refractivity contribution in [1.82, 2.24) is 9.80 Å². The minimum absolute atomic E-state index is 0.0703. The number of piperidine rings is 1. The number of β-amino-alcohol motifs (C(OH)–C–C–N with tert-alkyl or cyclic N) is 1. The van der Waals surface area contributed by atoms with Crippen LogP contribution in [0.15, 0.2) is 53.1 Å². The smallest absolute Gasteiger partial charge is 0.225 e. The van der Waals surface area contributed by atoms with Crippen molar-refractivity contribution < 1.29 is 14.3 Å². The minimum atomic E-state index is -0.906. The van der Waals surface area contributed by atoms with Crippen LogP contribution in [0.25, 0.3) is 0 Å². The average molecular weight is 354 g/mol. The fourth-order valence-electron chi connectivity index (χ4n) is 4.19. The number of amides is 1. The zero-order chi connectivity index (χ0) is 18.0. The molecule has 0 aliphatic carbocycles. The van der Waals surface area contributed by atoms with Gasteiger partial charge in [0.15, 0.2) is 0 Å². The maximum absolute atomic E-state index is 12.9. The molecule has 1 N–H and O–H groups in total. The van der Waals surface area contributed by atoms with E-state index in [1.165, 1.54) is 0 Å². The highest BCUT2D eigenvalue weighted by atomic mass is 16.3. The Labute approximate surface area is 154 Å². The first kappa shape index (κ1) is 17.3. The lowest BCUT2D eigenvalue weighted by molar-refractivity contribution is -0.137. The molecule has 2 aliphatic rings. The Kier molecular flexibility index (Phi) is 4.83. The highest BCUT2D eigenvalue weighted by Crippen LogP contribution is 2.33. The molecule has 0 bridgehead atoms. The van der Waals surface area contributed by atoms with E-state index in [2.05, 4.69) is 4.90 Å². The van der Waals surface area contributed by atoms with Crippen molar-refractivity contribution in [2.75, 3.05) is 26.2 Å². The van der Waals surface area contributed by atoms with Gasteiger partial charge in [0.25, 0.3) is 0 Å². The molecule has 5 nitrogen and oxygen atoms in total. The lowest BCUT2D eigenvalue weighted by Crippen LogP contribution is -2.42.